The highest BCUT2D eigenvalue weighted by Gasteiger charge is 2.31. The highest BCUT2D eigenvalue weighted by molar-refractivity contribution is 5.18. The second-order valence-corrected chi connectivity index (χ2v) is 4.59. The van der Waals surface area contributed by atoms with E-state index < -0.39 is 0 Å². The van der Waals surface area contributed by atoms with E-state index in [1.807, 2.05) is 6.07 Å². The summed E-state index contributed by atoms with van der Waals surface area (Å²) in [5, 5.41) is 2.32. The molecule has 1 saturated heterocycles. The topological polar surface area (TPSA) is 35.1 Å². The molecule has 1 aliphatic heterocycles. The standard InChI is InChI=1S/C13H19NO2.ClH/c1-10(2)14-12-8-15-9-16-13(12)11-6-4-3-5-7-11;/h3-7,10,12-14H,8-9H2,1-2H3;1H. The number of ether oxygens (including phenoxy) is 2. The number of rotatable bonds is 3. The molecule has 0 bridgehead atoms. The van der Waals surface area contributed by atoms with E-state index in [2.05, 4.69) is 43.4 Å². The van der Waals surface area contributed by atoms with Gasteiger partial charge >= 0.3 is 0 Å². The molecule has 3 nitrogen and oxygen atoms in total. The van der Waals surface area contributed by atoms with E-state index in [1.54, 1.807) is 0 Å². The first kappa shape index (κ1) is 14.5. The van der Waals surface area contributed by atoms with Gasteiger partial charge in [-0.25, -0.2) is 0 Å². The van der Waals surface area contributed by atoms with Gasteiger partial charge in [-0.05, 0) is 19.4 Å². The fourth-order valence-electron chi connectivity index (χ4n) is 2.15. The Labute approximate surface area is 109 Å². The van der Waals surface area contributed by atoms with Crippen molar-refractivity contribution in [2.24, 2.45) is 0 Å². The first-order valence-corrected chi connectivity index (χ1v) is 5.86. The zero-order chi connectivity index (χ0) is 11.4. The molecule has 2 rings (SSSR count). The van der Waals surface area contributed by atoms with Crippen LogP contribution in [0.1, 0.15) is 25.5 Å². The second-order valence-electron chi connectivity index (χ2n) is 4.59. The molecule has 0 aromatic heterocycles. The van der Waals surface area contributed by atoms with Gasteiger partial charge in [0.2, 0.25) is 0 Å². The van der Waals surface area contributed by atoms with Gasteiger partial charge < -0.3 is 27.2 Å². The van der Waals surface area contributed by atoms with Crippen molar-refractivity contribution in [2.75, 3.05) is 13.4 Å². The van der Waals surface area contributed by atoms with Crippen LogP contribution >= 0.6 is 0 Å². The van der Waals surface area contributed by atoms with Crippen LogP contribution < -0.4 is 17.7 Å². The van der Waals surface area contributed by atoms with Crippen LogP contribution in [0.4, 0.5) is 0 Å². The molecule has 4 heteroatoms. The van der Waals surface area contributed by atoms with Gasteiger partial charge in [-0.1, -0.05) is 30.3 Å². The Balaban J connectivity index is 0.00000144. The van der Waals surface area contributed by atoms with E-state index in [0.717, 1.165) is 6.61 Å². The second kappa shape index (κ2) is 6.97. The van der Waals surface area contributed by atoms with Gasteiger partial charge in [-0.2, -0.15) is 0 Å². The van der Waals surface area contributed by atoms with E-state index in [-0.39, 0.29) is 18.5 Å². The van der Waals surface area contributed by atoms with Crippen molar-refractivity contribution < 1.29 is 27.2 Å². The summed E-state index contributed by atoms with van der Waals surface area (Å²) in [6.07, 6.45) is 0.150. The van der Waals surface area contributed by atoms with Crippen LogP contribution in [0.3, 0.4) is 0 Å². The Morgan fingerprint density at radius 1 is 1.24 bits per heavy atom. The number of halogens is 1. The third-order valence-corrected chi connectivity index (χ3v) is 2.79. The van der Waals surface area contributed by atoms with Crippen LogP contribution in [0.25, 0.3) is 0 Å². The van der Waals surface area contributed by atoms with Crippen LogP contribution in [0, 0.1) is 0 Å². The van der Waals surface area contributed by atoms with E-state index in [1.165, 1.54) is 5.56 Å². The van der Waals surface area contributed by atoms with Gasteiger partial charge in [-0.3, -0.25) is 0 Å². The van der Waals surface area contributed by atoms with Gasteiger partial charge in [0.05, 0.1) is 6.04 Å². The van der Waals surface area contributed by atoms with Crippen LogP contribution in [-0.2, 0) is 9.47 Å². The van der Waals surface area contributed by atoms with Crippen molar-refractivity contribution in [3.05, 3.63) is 35.9 Å². The lowest BCUT2D eigenvalue weighted by Crippen LogP contribution is -3.00. The molecule has 1 aliphatic rings. The Bertz CT molecular complexity index is 318. The number of quaternary nitrogens is 1. The van der Waals surface area contributed by atoms with Crippen LogP contribution in [0.2, 0.25) is 0 Å². The summed E-state index contributed by atoms with van der Waals surface area (Å²) in [6.45, 7) is 5.55. The Kier molecular flexibility index (Phi) is 5.92. The Morgan fingerprint density at radius 2 is 1.94 bits per heavy atom. The third kappa shape index (κ3) is 3.96. The largest absolute Gasteiger partial charge is 1.00 e. The molecular formula is C13H20ClNO2. The first-order chi connectivity index (χ1) is 7.77. The summed E-state index contributed by atoms with van der Waals surface area (Å²) < 4.78 is 11.1. The summed E-state index contributed by atoms with van der Waals surface area (Å²) >= 11 is 0. The van der Waals surface area contributed by atoms with Crippen molar-refractivity contribution in [3.63, 3.8) is 0 Å². The van der Waals surface area contributed by atoms with E-state index in [0.29, 0.717) is 18.9 Å². The highest BCUT2D eigenvalue weighted by Crippen LogP contribution is 2.22. The number of nitrogens with two attached hydrogens (primary N) is 1. The van der Waals surface area contributed by atoms with Gasteiger partial charge in [0, 0.05) is 0 Å². The average molecular weight is 258 g/mol. The van der Waals surface area contributed by atoms with Crippen molar-refractivity contribution in [3.8, 4) is 0 Å². The van der Waals surface area contributed by atoms with Crippen molar-refractivity contribution >= 4 is 0 Å². The summed E-state index contributed by atoms with van der Waals surface area (Å²) in [5.41, 5.74) is 1.24. The number of hydrogen-bond donors (Lipinski definition) is 1. The lowest BCUT2D eigenvalue weighted by molar-refractivity contribution is -0.729. The fraction of sp³-hybridized carbons (Fsp3) is 0.538. The SMILES string of the molecule is CC(C)[NH2+]C1COCOC1c1ccccc1.[Cl-]. The first-order valence-electron chi connectivity index (χ1n) is 5.86. The molecule has 17 heavy (non-hydrogen) atoms. The van der Waals surface area contributed by atoms with Gasteiger partial charge in [-0.15, -0.1) is 0 Å². The molecule has 2 unspecified atom stereocenters. The molecular weight excluding hydrogens is 238 g/mol. The maximum absolute atomic E-state index is 5.72. The molecule has 1 aromatic rings. The molecule has 0 saturated carbocycles. The summed E-state index contributed by atoms with van der Waals surface area (Å²) in [5.74, 6) is 0. The molecule has 0 aliphatic carbocycles. The summed E-state index contributed by atoms with van der Waals surface area (Å²) in [6, 6.07) is 11.3. The third-order valence-electron chi connectivity index (χ3n) is 2.79. The molecule has 2 N–H and O–H groups in total. The predicted octanol–water partition coefficient (Wildman–Crippen LogP) is -1.92. The minimum Gasteiger partial charge on any atom is -1.00 e. The quantitative estimate of drug-likeness (QED) is 0.685. The fourth-order valence-corrected chi connectivity index (χ4v) is 2.15. The molecule has 1 fully saturated rings. The van der Waals surface area contributed by atoms with E-state index in [4.69, 9.17) is 9.47 Å². The van der Waals surface area contributed by atoms with E-state index >= 15 is 0 Å². The maximum atomic E-state index is 5.72. The van der Waals surface area contributed by atoms with Crippen molar-refractivity contribution in [1.29, 1.82) is 0 Å². The van der Waals surface area contributed by atoms with Gasteiger partial charge in [0.25, 0.3) is 0 Å². The number of benzene rings is 1. The maximum Gasteiger partial charge on any atom is 0.148 e. The lowest BCUT2D eigenvalue weighted by atomic mass is 10.0. The smallest absolute Gasteiger partial charge is 0.148 e. The zero-order valence-corrected chi connectivity index (χ0v) is 11.1. The molecule has 0 spiro atoms. The lowest BCUT2D eigenvalue weighted by Gasteiger charge is -2.31. The minimum atomic E-state index is 0. The molecule has 2 atom stereocenters. The van der Waals surface area contributed by atoms with Gasteiger partial charge in [0.1, 0.15) is 25.5 Å². The zero-order valence-electron chi connectivity index (χ0n) is 10.3. The molecule has 1 aromatic carbocycles. The van der Waals surface area contributed by atoms with Crippen LogP contribution in [0.5, 0.6) is 0 Å². The normalized spacial score (nSPS) is 24.4. The monoisotopic (exact) mass is 257 g/mol. The minimum absolute atomic E-state index is 0. The van der Waals surface area contributed by atoms with Crippen molar-refractivity contribution in [1.82, 2.24) is 0 Å². The summed E-state index contributed by atoms with van der Waals surface area (Å²) in [4.78, 5) is 0. The average Bonchev–Trinajstić information content (AvgIpc) is 2.30. The van der Waals surface area contributed by atoms with E-state index in [9.17, 15) is 0 Å². The Morgan fingerprint density at radius 3 is 2.59 bits per heavy atom. The molecule has 1 heterocycles. The van der Waals surface area contributed by atoms with Gasteiger partial charge in [0.15, 0.2) is 0 Å². The van der Waals surface area contributed by atoms with Crippen molar-refractivity contribution in [2.45, 2.75) is 32.0 Å². The Hall–Kier alpha value is -0.610. The van der Waals surface area contributed by atoms with Crippen LogP contribution in [0.15, 0.2) is 30.3 Å². The van der Waals surface area contributed by atoms with Crippen LogP contribution in [-0.4, -0.2) is 25.5 Å². The molecule has 96 valence electrons. The molecule has 0 amide bonds. The highest BCUT2D eigenvalue weighted by atomic mass is 35.5. The summed E-state index contributed by atoms with van der Waals surface area (Å²) in [7, 11) is 0. The molecule has 0 radical (unpaired) electrons. The number of hydrogen-bond acceptors (Lipinski definition) is 2. The predicted molar refractivity (Wildman–Crippen MR) is 61.9 cm³/mol.